The molecule has 5 heteroatoms. The Morgan fingerprint density at radius 3 is 2.85 bits per heavy atom. The van der Waals surface area contributed by atoms with Crippen molar-refractivity contribution in [2.75, 3.05) is 26.2 Å². The Labute approximate surface area is 119 Å². The average molecular weight is 275 g/mol. The van der Waals surface area contributed by atoms with Crippen LogP contribution in [0.15, 0.2) is 24.3 Å². The van der Waals surface area contributed by atoms with E-state index >= 15 is 0 Å². The number of nitro groups is 1. The van der Waals surface area contributed by atoms with Crippen molar-refractivity contribution in [3.05, 3.63) is 39.9 Å². The summed E-state index contributed by atoms with van der Waals surface area (Å²) in [6.07, 6.45) is 3.53. The molecule has 20 heavy (non-hydrogen) atoms. The van der Waals surface area contributed by atoms with Crippen LogP contribution in [0.4, 0.5) is 5.69 Å². The van der Waals surface area contributed by atoms with Gasteiger partial charge in [0.25, 0.3) is 5.69 Å². The second kappa shape index (κ2) is 5.89. The lowest BCUT2D eigenvalue weighted by molar-refractivity contribution is -0.384. The second-order valence-corrected chi connectivity index (χ2v) is 5.87. The van der Waals surface area contributed by atoms with E-state index in [4.69, 9.17) is 0 Å². The van der Waals surface area contributed by atoms with Crippen LogP contribution in [-0.4, -0.2) is 42.0 Å². The van der Waals surface area contributed by atoms with Crippen LogP contribution >= 0.6 is 0 Å². The number of fused-ring (bicyclic) bond motifs is 1. The minimum Gasteiger partial charge on any atom is -0.314 e. The average Bonchev–Trinajstić information content (AvgIpc) is 2.93. The summed E-state index contributed by atoms with van der Waals surface area (Å²) in [5.74, 6) is 0.820. The predicted octanol–water partition coefficient (Wildman–Crippen LogP) is 1.82. The molecule has 1 aromatic rings. The van der Waals surface area contributed by atoms with E-state index in [1.807, 2.05) is 12.1 Å². The van der Waals surface area contributed by atoms with Crippen molar-refractivity contribution < 1.29 is 4.92 Å². The molecule has 2 aliphatic rings. The Balaban J connectivity index is 1.50. The SMILES string of the molecule is O=[N+]([O-])c1ccc(CCN2CCC3NCCC3C2)cc1. The summed E-state index contributed by atoms with van der Waals surface area (Å²) in [7, 11) is 0. The molecule has 0 aromatic heterocycles. The van der Waals surface area contributed by atoms with Crippen LogP contribution < -0.4 is 5.32 Å². The summed E-state index contributed by atoms with van der Waals surface area (Å²) in [5, 5.41) is 14.2. The highest BCUT2D eigenvalue weighted by Gasteiger charge is 2.32. The third kappa shape index (κ3) is 2.99. The third-order valence-corrected chi connectivity index (χ3v) is 4.60. The van der Waals surface area contributed by atoms with Crippen LogP contribution in [0.25, 0.3) is 0 Å². The fourth-order valence-corrected chi connectivity index (χ4v) is 3.40. The number of non-ortho nitro benzene ring substituents is 1. The molecule has 108 valence electrons. The maximum atomic E-state index is 10.6. The second-order valence-electron chi connectivity index (χ2n) is 5.87. The molecule has 2 saturated heterocycles. The predicted molar refractivity (Wildman–Crippen MR) is 77.8 cm³/mol. The zero-order chi connectivity index (χ0) is 13.9. The molecule has 0 amide bonds. The standard InChI is InChI=1S/C15H21N3O2/c19-18(20)14-3-1-12(2-4-14)6-9-17-10-7-15-13(11-17)5-8-16-15/h1-4,13,15-16H,5-11H2. The fourth-order valence-electron chi connectivity index (χ4n) is 3.40. The van der Waals surface area contributed by atoms with Crippen LogP contribution in [0, 0.1) is 16.0 Å². The summed E-state index contributed by atoms with van der Waals surface area (Å²) in [6, 6.07) is 7.69. The maximum Gasteiger partial charge on any atom is 0.269 e. The molecular weight excluding hydrogens is 254 g/mol. The Morgan fingerprint density at radius 1 is 1.30 bits per heavy atom. The van der Waals surface area contributed by atoms with Crippen LogP contribution in [0.1, 0.15) is 18.4 Å². The molecule has 2 atom stereocenters. The summed E-state index contributed by atoms with van der Waals surface area (Å²) in [4.78, 5) is 12.8. The van der Waals surface area contributed by atoms with Crippen molar-refractivity contribution in [3.63, 3.8) is 0 Å². The van der Waals surface area contributed by atoms with Gasteiger partial charge in [-0.2, -0.15) is 0 Å². The van der Waals surface area contributed by atoms with Crippen molar-refractivity contribution >= 4 is 5.69 Å². The lowest BCUT2D eigenvalue weighted by atomic mass is 9.93. The number of rotatable bonds is 4. The Kier molecular flexibility index (Phi) is 3.98. The van der Waals surface area contributed by atoms with Gasteiger partial charge in [-0.25, -0.2) is 0 Å². The summed E-state index contributed by atoms with van der Waals surface area (Å²) in [5.41, 5.74) is 1.36. The molecule has 2 fully saturated rings. The fraction of sp³-hybridized carbons (Fsp3) is 0.600. The lowest BCUT2D eigenvalue weighted by Gasteiger charge is -2.34. The zero-order valence-electron chi connectivity index (χ0n) is 11.6. The quantitative estimate of drug-likeness (QED) is 0.672. The number of benzene rings is 1. The van der Waals surface area contributed by atoms with Crippen LogP contribution in [0.2, 0.25) is 0 Å². The van der Waals surface area contributed by atoms with Crippen LogP contribution in [-0.2, 0) is 6.42 Å². The number of hydrogen-bond donors (Lipinski definition) is 1. The summed E-state index contributed by atoms with van der Waals surface area (Å²) in [6.45, 7) is 4.60. The molecule has 3 rings (SSSR count). The molecule has 0 bridgehead atoms. The minimum absolute atomic E-state index is 0.173. The van der Waals surface area contributed by atoms with E-state index < -0.39 is 0 Å². The molecule has 0 spiro atoms. The van der Waals surface area contributed by atoms with Gasteiger partial charge >= 0.3 is 0 Å². The van der Waals surface area contributed by atoms with Gasteiger partial charge in [0.2, 0.25) is 0 Å². The van der Waals surface area contributed by atoms with Gasteiger partial charge in [0, 0.05) is 31.3 Å². The Morgan fingerprint density at radius 2 is 2.10 bits per heavy atom. The molecule has 1 aromatic carbocycles. The van der Waals surface area contributed by atoms with Gasteiger partial charge in [0.15, 0.2) is 0 Å². The van der Waals surface area contributed by atoms with Gasteiger partial charge in [-0.1, -0.05) is 12.1 Å². The van der Waals surface area contributed by atoms with Crippen LogP contribution in [0.5, 0.6) is 0 Å². The first-order valence-corrected chi connectivity index (χ1v) is 7.41. The van der Waals surface area contributed by atoms with Crippen molar-refractivity contribution in [1.29, 1.82) is 0 Å². The van der Waals surface area contributed by atoms with E-state index in [1.54, 1.807) is 12.1 Å². The van der Waals surface area contributed by atoms with Crippen molar-refractivity contribution in [2.45, 2.75) is 25.3 Å². The number of piperidine rings is 1. The Bertz CT molecular complexity index is 475. The molecule has 5 nitrogen and oxygen atoms in total. The molecule has 1 N–H and O–H groups in total. The van der Waals surface area contributed by atoms with E-state index in [1.165, 1.54) is 38.0 Å². The van der Waals surface area contributed by atoms with E-state index in [2.05, 4.69) is 10.2 Å². The molecule has 2 aliphatic heterocycles. The highest BCUT2D eigenvalue weighted by atomic mass is 16.6. The first-order chi connectivity index (χ1) is 9.72. The molecule has 0 saturated carbocycles. The molecule has 2 unspecified atom stereocenters. The number of nitrogens with one attached hydrogen (secondary N) is 1. The molecular formula is C15H21N3O2. The van der Waals surface area contributed by atoms with E-state index in [0.717, 1.165) is 24.9 Å². The van der Waals surface area contributed by atoms with E-state index in [9.17, 15) is 10.1 Å². The largest absolute Gasteiger partial charge is 0.314 e. The minimum atomic E-state index is -0.346. The topological polar surface area (TPSA) is 58.4 Å². The molecule has 0 radical (unpaired) electrons. The van der Waals surface area contributed by atoms with E-state index in [0.29, 0.717) is 0 Å². The zero-order valence-corrected chi connectivity index (χ0v) is 11.6. The normalized spacial score (nSPS) is 26.4. The van der Waals surface area contributed by atoms with Gasteiger partial charge in [-0.3, -0.25) is 10.1 Å². The highest BCUT2D eigenvalue weighted by molar-refractivity contribution is 5.32. The van der Waals surface area contributed by atoms with Gasteiger partial charge in [0.1, 0.15) is 0 Å². The number of nitro benzene ring substituents is 1. The summed E-state index contributed by atoms with van der Waals surface area (Å²) >= 11 is 0. The monoisotopic (exact) mass is 275 g/mol. The lowest BCUT2D eigenvalue weighted by Crippen LogP contribution is -2.44. The Hall–Kier alpha value is -1.46. The van der Waals surface area contributed by atoms with Crippen molar-refractivity contribution in [1.82, 2.24) is 10.2 Å². The van der Waals surface area contributed by atoms with E-state index in [-0.39, 0.29) is 10.6 Å². The van der Waals surface area contributed by atoms with Gasteiger partial charge < -0.3 is 10.2 Å². The maximum absolute atomic E-state index is 10.6. The van der Waals surface area contributed by atoms with Gasteiger partial charge in [0.05, 0.1) is 4.92 Å². The highest BCUT2D eigenvalue weighted by Crippen LogP contribution is 2.24. The van der Waals surface area contributed by atoms with Crippen LogP contribution in [0.3, 0.4) is 0 Å². The molecule has 2 heterocycles. The molecule has 0 aliphatic carbocycles. The first kappa shape index (κ1) is 13.5. The third-order valence-electron chi connectivity index (χ3n) is 4.60. The smallest absolute Gasteiger partial charge is 0.269 e. The number of hydrogen-bond acceptors (Lipinski definition) is 4. The number of likely N-dealkylation sites (tertiary alicyclic amines) is 1. The summed E-state index contributed by atoms with van der Waals surface area (Å²) < 4.78 is 0. The van der Waals surface area contributed by atoms with Crippen molar-refractivity contribution in [2.24, 2.45) is 5.92 Å². The first-order valence-electron chi connectivity index (χ1n) is 7.41. The van der Waals surface area contributed by atoms with Crippen molar-refractivity contribution in [3.8, 4) is 0 Å². The van der Waals surface area contributed by atoms with Gasteiger partial charge in [-0.15, -0.1) is 0 Å². The van der Waals surface area contributed by atoms with Gasteiger partial charge in [-0.05, 0) is 43.8 Å². The number of nitrogens with zero attached hydrogens (tertiary/aromatic N) is 2.